The first-order valence-corrected chi connectivity index (χ1v) is 6.11. The molecule has 1 amide bonds. The van der Waals surface area contributed by atoms with Gasteiger partial charge in [0.2, 0.25) is 6.79 Å². The minimum atomic E-state index is -0.248. The van der Waals surface area contributed by atoms with Crippen LogP contribution in [0.15, 0.2) is 53.6 Å². The molecule has 0 radical (unpaired) electrons. The van der Waals surface area contributed by atoms with Gasteiger partial charge in [-0.2, -0.15) is 5.10 Å². The van der Waals surface area contributed by atoms with E-state index in [1.807, 2.05) is 18.2 Å². The van der Waals surface area contributed by atoms with E-state index in [1.54, 1.807) is 36.5 Å². The minimum Gasteiger partial charge on any atom is -0.454 e. The SMILES string of the molecule is O=C(N/N=C/c1ccc2c(c1)OCO2)c1ccccc1. The summed E-state index contributed by atoms with van der Waals surface area (Å²) in [4.78, 5) is 11.8. The zero-order valence-electron chi connectivity index (χ0n) is 10.6. The van der Waals surface area contributed by atoms with Crippen LogP contribution in [0.5, 0.6) is 11.5 Å². The van der Waals surface area contributed by atoms with Gasteiger partial charge in [-0.15, -0.1) is 0 Å². The van der Waals surface area contributed by atoms with Crippen molar-refractivity contribution in [3.8, 4) is 11.5 Å². The van der Waals surface area contributed by atoms with Gasteiger partial charge in [-0.3, -0.25) is 4.79 Å². The van der Waals surface area contributed by atoms with Crippen LogP contribution in [0.3, 0.4) is 0 Å². The van der Waals surface area contributed by atoms with Crippen LogP contribution in [-0.2, 0) is 0 Å². The number of nitrogens with one attached hydrogen (secondary N) is 1. The van der Waals surface area contributed by atoms with Crippen molar-refractivity contribution in [2.75, 3.05) is 6.79 Å². The van der Waals surface area contributed by atoms with E-state index in [1.165, 1.54) is 0 Å². The molecule has 0 aromatic heterocycles. The normalized spacial score (nSPS) is 12.6. The smallest absolute Gasteiger partial charge is 0.271 e. The monoisotopic (exact) mass is 268 g/mol. The highest BCUT2D eigenvalue weighted by Gasteiger charge is 2.12. The second-order valence-corrected chi connectivity index (χ2v) is 4.18. The molecule has 1 N–H and O–H groups in total. The van der Waals surface area contributed by atoms with E-state index in [4.69, 9.17) is 9.47 Å². The summed E-state index contributed by atoms with van der Waals surface area (Å²) in [6, 6.07) is 14.4. The number of hydrogen-bond donors (Lipinski definition) is 1. The van der Waals surface area contributed by atoms with Gasteiger partial charge >= 0.3 is 0 Å². The van der Waals surface area contributed by atoms with Gasteiger partial charge < -0.3 is 9.47 Å². The molecule has 0 saturated carbocycles. The first-order chi connectivity index (χ1) is 9.83. The summed E-state index contributed by atoms with van der Waals surface area (Å²) in [6.07, 6.45) is 1.56. The predicted molar refractivity (Wildman–Crippen MR) is 74.1 cm³/mol. The second-order valence-electron chi connectivity index (χ2n) is 4.18. The van der Waals surface area contributed by atoms with Crippen molar-refractivity contribution in [3.63, 3.8) is 0 Å². The molecular formula is C15H12N2O3. The molecule has 5 heteroatoms. The van der Waals surface area contributed by atoms with Crippen LogP contribution >= 0.6 is 0 Å². The maximum Gasteiger partial charge on any atom is 0.271 e. The average molecular weight is 268 g/mol. The fraction of sp³-hybridized carbons (Fsp3) is 0.0667. The number of benzene rings is 2. The zero-order chi connectivity index (χ0) is 13.8. The van der Waals surface area contributed by atoms with E-state index < -0.39 is 0 Å². The van der Waals surface area contributed by atoms with Gasteiger partial charge in [0.15, 0.2) is 11.5 Å². The standard InChI is InChI=1S/C15H12N2O3/c18-15(12-4-2-1-3-5-12)17-16-9-11-6-7-13-14(8-11)20-10-19-13/h1-9H,10H2,(H,17,18)/b16-9+. The lowest BCUT2D eigenvalue weighted by atomic mass is 10.2. The molecule has 0 unspecified atom stereocenters. The maximum atomic E-state index is 11.8. The van der Waals surface area contributed by atoms with Gasteiger partial charge in [-0.25, -0.2) is 5.43 Å². The maximum absolute atomic E-state index is 11.8. The molecule has 0 saturated heterocycles. The molecule has 0 fully saturated rings. The molecule has 1 heterocycles. The highest BCUT2D eigenvalue weighted by molar-refractivity contribution is 5.94. The van der Waals surface area contributed by atoms with Crippen LogP contribution in [0.25, 0.3) is 0 Å². The molecule has 2 aromatic rings. The Kier molecular flexibility index (Phi) is 3.33. The van der Waals surface area contributed by atoms with E-state index in [0.29, 0.717) is 11.3 Å². The molecular weight excluding hydrogens is 256 g/mol. The fourth-order valence-corrected chi connectivity index (χ4v) is 1.81. The average Bonchev–Trinajstić information content (AvgIpc) is 2.95. The summed E-state index contributed by atoms with van der Waals surface area (Å²) in [6.45, 7) is 0.237. The highest BCUT2D eigenvalue weighted by Crippen LogP contribution is 2.31. The first kappa shape index (κ1) is 12.2. The van der Waals surface area contributed by atoms with E-state index in [2.05, 4.69) is 10.5 Å². The van der Waals surface area contributed by atoms with Gasteiger partial charge in [0.05, 0.1) is 6.21 Å². The lowest BCUT2D eigenvalue weighted by Gasteiger charge is -1.99. The summed E-state index contributed by atoms with van der Waals surface area (Å²) >= 11 is 0. The van der Waals surface area contributed by atoms with Gasteiger partial charge in [0, 0.05) is 5.56 Å². The summed E-state index contributed by atoms with van der Waals surface area (Å²) in [5.41, 5.74) is 3.86. The quantitative estimate of drug-likeness (QED) is 0.685. The summed E-state index contributed by atoms with van der Waals surface area (Å²) in [7, 11) is 0. The van der Waals surface area contributed by atoms with E-state index >= 15 is 0 Å². The second kappa shape index (κ2) is 5.44. The number of carbonyl (C=O) groups is 1. The molecule has 2 aromatic carbocycles. The Morgan fingerprint density at radius 2 is 1.90 bits per heavy atom. The van der Waals surface area contributed by atoms with Gasteiger partial charge in [0.25, 0.3) is 5.91 Å². The van der Waals surface area contributed by atoms with Gasteiger partial charge in [-0.05, 0) is 35.9 Å². The third-order valence-electron chi connectivity index (χ3n) is 2.81. The number of rotatable bonds is 3. The third-order valence-corrected chi connectivity index (χ3v) is 2.81. The molecule has 0 bridgehead atoms. The van der Waals surface area contributed by atoms with Gasteiger partial charge in [-0.1, -0.05) is 18.2 Å². The number of hydrogen-bond acceptors (Lipinski definition) is 4. The molecule has 3 rings (SSSR count). The van der Waals surface area contributed by atoms with E-state index in [9.17, 15) is 4.79 Å². The molecule has 0 spiro atoms. The Balaban J connectivity index is 1.65. The van der Waals surface area contributed by atoms with Crippen LogP contribution in [0, 0.1) is 0 Å². The Hall–Kier alpha value is -2.82. The molecule has 0 aliphatic carbocycles. The fourth-order valence-electron chi connectivity index (χ4n) is 1.81. The van der Waals surface area contributed by atoms with Crippen LogP contribution in [0.2, 0.25) is 0 Å². The molecule has 0 atom stereocenters. The van der Waals surface area contributed by atoms with Gasteiger partial charge in [0.1, 0.15) is 0 Å². The lowest BCUT2D eigenvalue weighted by Crippen LogP contribution is -2.17. The number of amides is 1. The highest BCUT2D eigenvalue weighted by atomic mass is 16.7. The summed E-state index contributed by atoms with van der Waals surface area (Å²) in [5, 5.41) is 3.92. The van der Waals surface area contributed by atoms with E-state index in [0.717, 1.165) is 11.3 Å². The summed E-state index contributed by atoms with van der Waals surface area (Å²) in [5.74, 6) is 1.15. The molecule has 100 valence electrons. The zero-order valence-corrected chi connectivity index (χ0v) is 10.6. The number of carbonyl (C=O) groups excluding carboxylic acids is 1. The third kappa shape index (κ3) is 2.61. The van der Waals surface area contributed by atoms with Crippen molar-refractivity contribution in [1.29, 1.82) is 0 Å². The van der Waals surface area contributed by atoms with Crippen molar-refractivity contribution >= 4 is 12.1 Å². The molecule has 5 nitrogen and oxygen atoms in total. The lowest BCUT2D eigenvalue weighted by molar-refractivity contribution is 0.0955. The number of ether oxygens (including phenoxy) is 2. The van der Waals surface area contributed by atoms with Crippen molar-refractivity contribution in [2.24, 2.45) is 5.10 Å². The van der Waals surface area contributed by atoms with Crippen LogP contribution in [0.1, 0.15) is 15.9 Å². The Bertz CT molecular complexity index is 653. The van der Waals surface area contributed by atoms with Crippen LogP contribution in [-0.4, -0.2) is 18.9 Å². The van der Waals surface area contributed by atoms with Crippen molar-refractivity contribution in [1.82, 2.24) is 5.43 Å². The minimum absolute atomic E-state index is 0.237. The van der Waals surface area contributed by atoms with Crippen molar-refractivity contribution < 1.29 is 14.3 Å². The number of fused-ring (bicyclic) bond motifs is 1. The van der Waals surface area contributed by atoms with E-state index in [-0.39, 0.29) is 12.7 Å². The largest absolute Gasteiger partial charge is 0.454 e. The van der Waals surface area contributed by atoms with Crippen molar-refractivity contribution in [3.05, 3.63) is 59.7 Å². The van der Waals surface area contributed by atoms with Crippen molar-refractivity contribution in [2.45, 2.75) is 0 Å². The molecule has 1 aliphatic heterocycles. The van der Waals surface area contributed by atoms with Crippen LogP contribution < -0.4 is 14.9 Å². The number of hydrazone groups is 1. The molecule has 20 heavy (non-hydrogen) atoms. The Morgan fingerprint density at radius 3 is 2.75 bits per heavy atom. The van der Waals surface area contributed by atoms with Crippen LogP contribution in [0.4, 0.5) is 0 Å². The Morgan fingerprint density at radius 1 is 1.10 bits per heavy atom. The summed E-state index contributed by atoms with van der Waals surface area (Å²) < 4.78 is 10.5. The Labute approximate surface area is 115 Å². The topological polar surface area (TPSA) is 59.9 Å². The predicted octanol–water partition coefficient (Wildman–Crippen LogP) is 2.18. The number of nitrogens with zero attached hydrogens (tertiary/aromatic N) is 1. The molecule has 1 aliphatic rings. The first-order valence-electron chi connectivity index (χ1n) is 6.11.